The van der Waals surface area contributed by atoms with Crippen molar-refractivity contribution in [2.24, 2.45) is 0 Å². The molecule has 1 rings (SSSR count). The molecule has 82 valence electrons. The third-order valence-electron chi connectivity index (χ3n) is 1.80. The molecule has 0 unspecified atom stereocenters. The number of rotatable bonds is 4. The van der Waals surface area contributed by atoms with Crippen LogP contribution in [0.25, 0.3) is 0 Å². The van der Waals surface area contributed by atoms with Crippen LogP contribution in [-0.4, -0.2) is 18.5 Å². The molecule has 0 saturated heterocycles. The van der Waals surface area contributed by atoms with Gasteiger partial charge in [-0.15, -0.1) is 0 Å². The molecule has 0 aliphatic rings. The lowest BCUT2D eigenvalue weighted by Gasteiger charge is -2.08. The summed E-state index contributed by atoms with van der Waals surface area (Å²) in [5, 5.41) is 5.65. The minimum absolute atomic E-state index is 0.129. The molecule has 0 aliphatic heterocycles. The van der Waals surface area contributed by atoms with Gasteiger partial charge in [-0.25, -0.2) is 4.39 Å². The summed E-state index contributed by atoms with van der Waals surface area (Å²) in [6.07, 6.45) is 0. The number of carbonyl (C=O) groups excluding carboxylic acids is 1. The molecule has 0 fully saturated rings. The summed E-state index contributed by atoms with van der Waals surface area (Å²) in [6, 6.07) is 5.95. The summed E-state index contributed by atoms with van der Waals surface area (Å²) >= 11 is 0. The largest absolute Gasteiger partial charge is 0.325 e. The number of amides is 1. The Morgan fingerprint density at radius 2 is 1.93 bits per heavy atom. The molecule has 1 amide bonds. The van der Waals surface area contributed by atoms with Crippen LogP contribution in [0, 0.1) is 5.82 Å². The van der Waals surface area contributed by atoms with Crippen LogP contribution in [0.5, 0.6) is 0 Å². The second kappa shape index (κ2) is 5.46. The van der Waals surface area contributed by atoms with Crippen molar-refractivity contribution < 1.29 is 9.18 Å². The lowest BCUT2D eigenvalue weighted by molar-refractivity contribution is -0.115. The van der Waals surface area contributed by atoms with Gasteiger partial charge in [0.15, 0.2) is 0 Å². The van der Waals surface area contributed by atoms with Gasteiger partial charge in [-0.3, -0.25) is 4.79 Å². The number of halogens is 1. The zero-order valence-corrected chi connectivity index (χ0v) is 8.88. The maximum atomic E-state index is 12.6. The van der Waals surface area contributed by atoms with Crippen LogP contribution in [0.4, 0.5) is 10.1 Å². The fourth-order valence-corrected chi connectivity index (χ4v) is 1.04. The quantitative estimate of drug-likeness (QED) is 0.795. The van der Waals surface area contributed by atoms with E-state index in [9.17, 15) is 9.18 Å². The molecule has 0 bridgehead atoms. The zero-order chi connectivity index (χ0) is 11.3. The number of benzene rings is 1. The third-order valence-corrected chi connectivity index (χ3v) is 1.80. The molecule has 0 heterocycles. The first-order valence-electron chi connectivity index (χ1n) is 4.86. The third kappa shape index (κ3) is 4.56. The molecule has 1 aromatic rings. The maximum Gasteiger partial charge on any atom is 0.238 e. The van der Waals surface area contributed by atoms with E-state index in [0.717, 1.165) is 0 Å². The van der Waals surface area contributed by atoms with Gasteiger partial charge in [0.1, 0.15) is 5.82 Å². The van der Waals surface area contributed by atoms with Crippen molar-refractivity contribution >= 4 is 11.6 Å². The minimum atomic E-state index is -0.312. The topological polar surface area (TPSA) is 41.1 Å². The van der Waals surface area contributed by atoms with E-state index < -0.39 is 0 Å². The van der Waals surface area contributed by atoms with E-state index in [1.807, 2.05) is 13.8 Å². The van der Waals surface area contributed by atoms with E-state index in [1.54, 1.807) is 0 Å². The van der Waals surface area contributed by atoms with Gasteiger partial charge in [0.25, 0.3) is 0 Å². The fraction of sp³-hybridized carbons (Fsp3) is 0.364. The van der Waals surface area contributed by atoms with Crippen LogP contribution < -0.4 is 10.6 Å². The Hall–Kier alpha value is -1.42. The Kier molecular flexibility index (Phi) is 4.24. The number of hydrogen-bond donors (Lipinski definition) is 2. The first kappa shape index (κ1) is 11.7. The molecule has 4 heteroatoms. The maximum absolute atomic E-state index is 12.6. The van der Waals surface area contributed by atoms with Gasteiger partial charge in [0.2, 0.25) is 5.91 Å². The molecule has 0 saturated carbocycles. The van der Waals surface area contributed by atoms with Gasteiger partial charge in [0.05, 0.1) is 6.54 Å². The van der Waals surface area contributed by atoms with E-state index in [1.165, 1.54) is 24.3 Å². The standard InChI is InChI=1S/C11H15FN2O/c1-8(2)13-7-11(15)14-10-5-3-9(12)4-6-10/h3-6,8,13H,7H2,1-2H3,(H,14,15). The monoisotopic (exact) mass is 210 g/mol. The van der Waals surface area contributed by atoms with E-state index in [0.29, 0.717) is 5.69 Å². The van der Waals surface area contributed by atoms with Crippen molar-refractivity contribution in [3.05, 3.63) is 30.1 Å². The van der Waals surface area contributed by atoms with E-state index in [-0.39, 0.29) is 24.3 Å². The van der Waals surface area contributed by atoms with Crippen molar-refractivity contribution in [1.82, 2.24) is 5.32 Å². The molecule has 0 spiro atoms. The van der Waals surface area contributed by atoms with Crippen molar-refractivity contribution in [1.29, 1.82) is 0 Å². The van der Waals surface area contributed by atoms with Crippen LogP contribution in [0.1, 0.15) is 13.8 Å². The lowest BCUT2D eigenvalue weighted by atomic mass is 10.3. The number of hydrogen-bond acceptors (Lipinski definition) is 2. The van der Waals surface area contributed by atoms with Gasteiger partial charge in [-0.2, -0.15) is 0 Å². The molecule has 3 nitrogen and oxygen atoms in total. The van der Waals surface area contributed by atoms with Crippen LogP contribution in [0.3, 0.4) is 0 Å². The summed E-state index contributed by atoms with van der Waals surface area (Å²) in [5.74, 6) is -0.441. The SMILES string of the molecule is CC(C)NCC(=O)Nc1ccc(F)cc1. The van der Waals surface area contributed by atoms with Crippen molar-refractivity contribution in [2.75, 3.05) is 11.9 Å². The highest BCUT2D eigenvalue weighted by Gasteiger charge is 2.02. The summed E-state index contributed by atoms with van der Waals surface area (Å²) in [5.41, 5.74) is 0.604. The summed E-state index contributed by atoms with van der Waals surface area (Å²) < 4.78 is 12.6. The molecule has 1 aromatic carbocycles. The number of carbonyl (C=O) groups is 1. The van der Waals surface area contributed by atoms with Crippen molar-refractivity contribution in [3.63, 3.8) is 0 Å². The summed E-state index contributed by atoms with van der Waals surface area (Å²) in [6.45, 7) is 4.19. The van der Waals surface area contributed by atoms with Crippen molar-refractivity contribution in [3.8, 4) is 0 Å². The number of anilines is 1. The molecule has 0 aromatic heterocycles. The Bertz CT molecular complexity index is 322. The predicted molar refractivity (Wildman–Crippen MR) is 58.2 cm³/mol. The van der Waals surface area contributed by atoms with Gasteiger partial charge in [-0.1, -0.05) is 13.8 Å². The summed E-state index contributed by atoms with van der Waals surface area (Å²) in [4.78, 5) is 11.3. The minimum Gasteiger partial charge on any atom is -0.325 e. The van der Waals surface area contributed by atoms with Gasteiger partial charge >= 0.3 is 0 Å². The highest BCUT2D eigenvalue weighted by molar-refractivity contribution is 5.92. The first-order valence-corrected chi connectivity index (χ1v) is 4.86. The highest BCUT2D eigenvalue weighted by Crippen LogP contribution is 2.07. The normalized spacial score (nSPS) is 10.4. The Labute approximate surface area is 88.7 Å². The van der Waals surface area contributed by atoms with Gasteiger partial charge in [0, 0.05) is 11.7 Å². The van der Waals surface area contributed by atoms with E-state index >= 15 is 0 Å². The second-order valence-electron chi connectivity index (χ2n) is 3.59. The second-order valence-corrected chi connectivity index (χ2v) is 3.59. The van der Waals surface area contributed by atoms with Crippen LogP contribution in [-0.2, 0) is 4.79 Å². The molecule has 15 heavy (non-hydrogen) atoms. The van der Waals surface area contributed by atoms with E-state index in [2.05, 4.69) is 10.6 Å². The smallest absolute Gasteiger partial charge is 0.238 e. The van der Waals surface area contributed by atoms with Gasteiger partial charge in [-0.05, 0) is 24.3 Å². The highest BCUT2D eigenvalue weighted by atomic mass is 19.1. The Morgan fingerprint density at radius 1 is 1.33 bits per heavy atom. The zero-order valence-electron chi connectivity index (χ0n) is 8.88. The summed E-state index contributed by atoms with van der Waals surface area (Å²) in [7, 11) is 0. The first-order chi connectivity index (χ1) is 7.08. The van der Waals surface area contributed by atoms with Crippen LogP contribution >= 0.6 is 0 Å². The van der Waals surface area contributed by atoms with Crippen LogP contribution in [0.2, 0.25) is 0 Å². The van der Waals surface area contributed by atoms with Crippen molar-refractivity contribution in [2.45, 2.75) is 19.9 Å². The predicted octanol–water partition coefficient (Wildman–Crippen LogP) is 1.76. The molecular weight excluding hydrogens is 195 g/mol. The molecule has 0 atom stereocenters. The Morgan fingerprint density at radius 3 is 2.47 bits per heavy atom. The van der Waals surface area contributed by atoms with E-state index in [4.69, 9.17) is 0 Å². The number of nitrogens with one attached hydrogen (secondary N) is 2. The average molecular weight is 210 g/mol. The Balaban J connectivity index is 2.41. The molecular formula is C11H15FN2O. The lowest BCUT2D eigenvalue weighted by Crippen LogP contribution is -2.32. The molecule has 0 radical (unpaired) electrons. The average Bonchev–Trinajstić information content (AvgIpc) is 2.19. The van der Waals surface area contributed by atoms with Gasteiger partial charge < -0.3 is 10.6 Å². The fourth-order valence-electron chi connectivity index (χ4n) is 1.04. The van der Waals surface area contributed by atoms with Crippen LogP contribution in [0.15, 0.2) is 24.3 Å². The molecule has 2 N–H and O–H groups in total. The molecule has 0 aliphatic carbocycles.